The zero-order valence-electron chi connectivity index (χ0n) is 11.0. The van der Waals surface area contributed by atoms with Gasteiger partial charge < -0.3 is 5.32 Å². The molecule has 1 aromatic rings. The van der Waals surface area contributed by atoms with Crippen LogP contribution < -0.4 is 5.32 Å². The lowest BCUT2D eigenvalue weighted by Gasteiger charge is -2.26. The molecule has 1 fully saturated rings. The molecular weight excluding hydrogens is 224 g/mol. The molecule has 2 bridgehead atoms. The van der Waals surface area contributed by atoms with Crippen LogP contribution in [-0.4, -0.2) is 27.8 Å². The molecule has 0 amide bonds. The van der Waals surface area contributed by atoms with Crippen LogP contribution in [0.1, 0.15) is 32.0 Å². The number of hydrogen-bond acceptors (Lipinski definition) is 3. The van der Waals surface area contributed by atoms with Crippen LogP contribution in [0.3, 0.4) is 0 Å². The zero-order chi connectivity index (χ0) is 12.4. The Labute approximate surface area is 108 Å². The van der Waals surface area contributed by atoms with E-state index in [9.17, 15) is 0 Å². The van der Waals surface area contributed by atoms with Crippen LogP contribution in [0.2, 0.25) is 0 Å². The number of rotatable bonds is 6. The summed E-state index contributed by atoms with van der Waals surface area (Å²) in [5.41, 5.74) is 0. The van der Waals surface area contributed by atoms with Gasteiger partial charge >= 0.3 is 0 Å². The van der Waals surface area contributed by atoms with E-state index in [1.54, 1.807) is 6.33 Å². The van der Waals surface area contributed by atoms with E-state index in [1.165, 1.54) is 12.8 Å². The SMILES string of the molecule is CC(NCCCc1ncn[nH]1)C1CC2C=CC1C2. The molecule has 2 aliphatic carbocycles. The standard InChI is InChI=1S/C14H22N4/c1-10(13-8-11-4-5-12(13)7-11)15-6-2-3-14-16-9-17-18-14/h4-5,9-13,15H,2-3,6-8H2,1H3,(H,16,17,18). The molecule has 4 atom stereocenters. The Bertz CT molecular complexity index is 398. The van der Waals surface area contributed by atoms with Crippen LogP contribution >= 0.6 is 0 Å². The summed E-state index contributed by atoms with van der Waals surface area (Å²) < 4.78 is 0. The summed E-state index contributed by atoms with van der Waals surface area (Å²) in [4.78, 5) is 4.14. The van der Waals surface area contributed by atoms with E-state index in [1.807, 2.05) is 0 Å². The smallest absolute Gasteiger partial charge is 0.137 e. The third-order valence-corrected chi connectivity index (χ3v) is 4.49. The predicted octanol–water partition coefficient (Wildman–Crippen LogP) is 1.93. The Kier molecular flexibility index (Phi) is 3.46. The molecule has 0 saturated heterocycles. The molecule has 18 heavy (non-hydrogen) atoms. The number of aryl methyl sites for hydroxylation is 1. The van der Waals surface area contributed by atoms with Gasteiger partial charge in [-0.25, -0.2) is 4.98 Å². The number of fused-ring (bicyclic) bond motifs is 2. The van der Waals surface area contributed by atoms with Crippen molar-refractivity contribution in [3.8, 4) is 0 Å². The van der Waals surface area contributed by atoms with E-state index in [2.05, 4.69) is 39.6 Å². The summed E-state index contributed by atoms with van der Waals surface area (Å²) in [6, 6.07) is 0.639. The number of H-pyrrole nitrogens is 1. The predicted molar refractivity (Wildman–Crippen MR) is 71.0 cm³/mol. The monoisotopic (exact) mass is 246 g/mol. The fraction of sp³-hybridized carbons (Fsp3) is 0.714. The number of hydrogen-bond donors (Lipinski definition) is 2. The van der Waals surface area contributed by atoms with Crippen molar-refractivity contribution in [1.29, 1.82) is 0 Å². The molecule has 3 rings (SSSR count). The molecule has 1 heterocycles. The third-order valence-electron chi connectivity index (χ3n) is 4.49. The molecular formula is C14H22N4. The molecule has 0 aromatic carbocycles. The highest BCUT2D eigenvalue weighted by Crippen LogP contribution is 2.44. The van der Waals surface area contributed by atoms with Gasteiger partial charge in [-0.2, -0.15) is 5.10 Å². The summed E-state index contributed by atoms with van der Waals surface area (Å²) >= 11 is 0. The lowest BCUT2D eigenvalue weighted by Crippen LogP contribution is -2.36. The Morgan fingerprint density at radius 2 is 2.39 bits per heavy atom. The number of nitrogens with zero attached hydrogens (tertiary/aromatic N) is 2. The first kappa shape index (κ1) is 11.9. The van der Waals surface area contributed by atoms with Crippen molar-refractivity contribution in [2.45, 2.75) is 38.6 Å². The Balaban J connectivity index is 1.37. The van der Waals surface area contributed by atoms with Gasteiger partial charge in [-0.1, -0.05) is 12.2 Å². The van der Waals surface area contributed by atoms with Crippen molar-refractivity contribution in [3.05, 3.63) is 24.3 Å². The topological polar surface area (TPSA) is 53.6 Å². The van der Waals surface area contributed by atoms with E-state index < -0.39 is 0 Å². The molecule has 0 radical (unpaired) electrons. The van der Waals surface area contributed by atoms with Gasteiger partial charge in [0.2, 0.25) is 0 Å². The van der Waals surface area contributed by atoms with Crippen LogP contribution in [0.25, 0.3) is 0 Å². The fourth-order valence-electron chi connectivity index (χ4n) is 3.49. The maximum Gasteiger partial charge on any atom is 0.137 e. The first-order chi connectivity index (χ1) is 8.83. The van der Waals surface area contributed by atoms with Crippen molar-refractivity contribution in [2.24, 2.45) is 17.8 Å². The van der Waals surface area contributed by atoms with Crippen molar-refractivity contribution >= 4 is 0 Å². The summed E-state index contributed by atoms with van der Waals surface area (Å²) in [6.45, 7) is 3.41. The highest BCUT2D eigenvalue weighted by Gasteiger charge is 2.38. The van der Waals surface area contributed by atoms with Gasteiger partial charge in [0, 0.05) is 12.5 Å². The molecule has 2 aliphatic rings. The largest absolute Gasteiger partial charge is 0.314 e. The second kappa shape index (κ2) is 5.22. The van der Waals surface area contributed by atoms with Gasteiger partial charge in [-0.15, -0.1) is 0 Å². The van der Waals surface area contributed by atoms with E-state index in [4.69, 9.17) is 0 Å². The van der Waals surface area contributed by atoms with Crippen LogP contribution in [-0.2, 0) is 6.42 Å². The normalized spacial score (nSPS) is 31.1. The van der Waals surface area contributed by atoms with Crippen molar-refractivity contribution in [2.75, 3.05) is 6.54 Å². The molecule has 1 saturated carbocycles. The molecule has 0 aliphatic heterocycles. The van der Waals surface area contributed by atoms with Crippen molar-refractivity contribution in [3.63, 3.8) is 0 Å². The van der Waals surface area contributed by atoms with Crippen molar-refractivity contribution < 1.29 is 0 Å². The quantitative estimate of drug-likeness (QED) is 0.595. The summed E-state index contributed by atoms with van der Waals surface area (Å²) in [5.74, 6) is 3.56. The third kappa shape index (κ3) is 2.48. The zero-order valence-corrected chi connectivity index (χ0v) is 11.0. The van der Waals surface area contributed by atoms with E-state index >= 15 is 0 Å². The minimum Gasteiger partial charge on any atom is -0.314 e. The van der Waals surface area contributed by atoms with Crippen molar-refractivity contribution in [1.82, 2.24) is 20.5 Å². The van der Waals surface area contributed by atoms with Gasteiger partial charge in [0.15, 0.2) is 0 Å². The average Bonchev–Trinajstić information content (AvgIpc) is 3.10. The highest BCUT2D eigenvalue weighted by atomic mass is 15.2. The maximum absolute atomic E-state index is 4.14. The minimum absolute atomic E-state index is 0.639. The number of aromatic nitrogens is 3. The molecule has 2 N–H and O–H groups in total. The second-order valence-corrected chi connectivity index (χ2v) is 5.72. The van der Waals surface area contributed by atoms with E-state index in [-0.39, 0.29) is 0 Å². The minimum atomic E-state index is 0.639. The first-order valence-electron chi connectivity index (χ1n) is 7.09. The van der Waals surface area contributed by atoms with Gasteiger partial charge in [0.05, 0.1) is 0 Å². The fourth-order valence-corrected chi connectivity index (χ4v) is 3.49. The number of nitrogens with one attached hydrogen (secondary N) is 2. The lowest BCUT2D eigenvalue weighted by atomic mass is 9.87. The van der Waals surface area contributed by atoms with Crippen LogP contribution in [0, 0.1) is 17.8 Å². The van der Waals surface area contributed by atoms with Crippen LogP contribution in [0.15, 0.2) is 18.5 Å². The van der Waals surface area contributed by atoms with E-state index in [0.29, 0.717) is 6.04 Å². The van der Waals surface area contributed by atoms with E-state index in [0.717, 1.165) is 43.0 Å². The molecule has 98 valence electrons. The molecule has 4 nitrogen and oxygen atoms in total. The van der Waals surface area contributed by atoms with Gasteiger partial charge in [-0.3, -0.25) is 5.10 Å². The molecule has 4 heteroatoms. The van der Waals surface area contributed by atoms with Crippen LogP contribution in [0.4, 0.5) is 0 Å². The first-order valence-corrected chi connectivity index (χ1v) is 7.09. The Morgan fingerprint density at radius 1 is 1.44 bits per heavy atom. The highest BCUT2D eigenvalue weighted by molar-refractivity contribution is 5.11. The summed E-state index contributed by atoms with van der Waals surface area (Å²) in [7, 11) is 0. The lowest BCUT2D eigenvalue weighted by molar-refractivity contribution is 0.327. The summed E-state index contributed by atoms with van der Waals surface area (Å²) in [6.07, 6.45) is 11.3. The molecule has 0 spiro atoms. The number of aromatic amines is 1. The average molecular weight is 246 g/mol. The Hall–Kier alpha value is -1.16. The van der Waals surface area contributed by atoms with Gasteiger partial charge in [-0.05, 0) is 50.5 Å². The molecule has 4 unspecified atom stereocenters. The number of allylic oxidation sites excluding steroid dienone is 2. The van der Waals surface area contributed by atoms with Gasteiger partial charge in [0.25, 0.3) is 0 Å². The van der Waals surface area contributed by atoms with Crippen LogP contribution in [0.5, 0.6) is 0 Å². The maximum atomic E-state index is 4.14. The summed E-state index contributed by atoms with van der Waals surface area (Å²) in [5, 5.41) is 10.4. The Morgan fingerprint density at radius 3 is 3.06 bits per heavy atom. The molecule has 1 aromatic heterocycles. The van der Waals surface area contributed by atoms with Gasteiger partial charge in [0.1, 0.15) is 12.2 Å². The second-order valence-electron chi connectivity index (χ2n) is 5.72.